The third kappa shape index (κ3) is 3.82. The SMILES string of the molecule is COc1ccc(C(c2ccncc2)c2ccc(OC)c(OC)c2)cc1OC. The smallest absolute Gasteiger partial charge is 0.161 e. The van der Waals surface area contributed by atoms with Crippen LogP contribution in [0.25, 0.3) is 0 Å². The van der Waals surface area contributed by atoms with Crippen molar-refractivity contribution in [3.8, 4) is 23.0 Å². The van der Waals surface area contributed by atoms with Crippen molar-refractivity contribution in [2.75, 3.05) is 28.4 Å². The van der Waals surface area contributed by atoms with E-state index < -0.39 is 0 Å². The molecule has 0 fully saturated rings. The van der Waals surface area contributed by atoms with Gasteiger partial charge in [-0.3, -0.25) is 4.98 Å². The van der Waals surface area contributed by atoms with E-state index in [1.54, 1.807) is 40.8 Å². The molecule has 3 rings (SSSR count). The Bertz CT molecular complexity index is 841. The van der Waals surface area contributed by atoms with Crippen molar-refractivity contribution in [3.05, 3.63) is 77.6 Å². The molecule has 2 aromatic carbocycles. The van der Waals surface area contributed by atoms with Crippen LogP contribution in [0.3, 0.4) is 0 Å². The number of rotatable bonds is 7. The van der Waals surface area contributed by atoms with Gasteiger partial charge in [0.2, 0.25) is 0 Å². The van der Waals surface area contributed by atoms with Crippen LogP contribution >= 0.6 is 0 Å². The van der Waals surface area contributed by atoms with Crippen LogP contribution in [0.2, 0.25) is 0 Å². The highest BCUT2D eigenvalue weighted by molar-refractivity contribution is 5.53. The summed E-state index contributed by atoms with van der Waals surface area (Å²) in [5.74, 6) is 2.75. The molecule has 0 radical (unpaired) electrons. The first-order valence-electron chi connectivity index (χ1n) is 8.55. The van der Waals surface area contributed by atoms with Crippen molar-refractivity contribution in [2.24, 2.45) is 0 Å². The highest BCUT2D eigenvalue weighted by Gasteiger charge is 2.20. The van der Waals surface area contributed by atoms with Gasteiger partial charge in [0.05, 0.1) is 28.4 Å². The summed E-state index contributed by atoms with van der Waals surface area (Å²) in [5.41, 5.74) is 3.27. The maximum Gasteiger partial charge on any atom is 0.161 e. The quantitative estimate of drug-likeness (QED) is 0.625. The number of pyridine rings is 1. The van der Waals surface area contributed by atoms with Gasteiger partial charge in [0.15, 0.2) is 23.0 Å². The van der Waals surface area contributed by atoms with Gasteiger partial charge in [-0.1, -0.05) is 12.1 Å². The van der Waals surface area contributed by atoms with Crippen molar-refractivity contribution in [1.82, 2.24) is 4.98 Å². The highest BCUT2D eigenvalue weighted by atomic mass is 16.5. The minimum absolute atomic E-state index is 0.0207. The first kappa shape index (κ1) is 18.6. The molecule has 0 atom stereocenters. The van der Waals surface area contributed by atoms with E-state index in [9.17, 15) is 0 Å². The zero-order valence-corrected chi connectivity index (χ0v) is 15.9. The van der Waals surface area contributed by atoms with Gasteiger partial charge in [-0.2, -0.15) is 0 Å². The molecule has 27 heavy (non-hydrogen) atoms. The van der Waals surface area contributed by atoms with E-state index in [-0.39, 0.29) is 5.92 Å². The van der Waals surface area contributed by atoms with Crippen LogP contribution in [0.15, 0.2) is 60.9 Å². The monoisotopic (exact) mass is 365 g/mol. The van der Waals surface area contributed by atoms with Gasteiger partial charge in [-0.05, 0) is 53.1 Å². The molecule has 0 bridgehead atoms. The fraction of sp³-hybridized carbons (Fsp3) is 0.227. The van der Waals surface area contributed by atoms with E-state index in [0.29, 0.717) is 23.0 Å². The largest absolute Gasteiger partial charge is 0.493 e. The van der Waals surface area contributed by atoms with Crippen molar-refractivity contribution >= 4 is 0 Å². The zero-order chi connectivity index (χ0) is 19.2. The average molecular weight is 365 g/mol. The van der Waals surface area contributed by atoms with Gasteiger partial charge in [0, 0.05) is 18.3 Å². The van der Waals surface area contributed by atoms with E-state index in [1.807, 2.05) is 48.5 Å². The van der Waals surface area contributed by atoms with Crippen LogP contribution in [0.1, 0.15) is 22.6 Å². The molecular weight excluding hydrogens is 342 g/mol. The molecule has 0 aliphatic rings. The highest BCUT2D eigenvalue weighted by Crippen LogP contribution is 2.39. The first-order valence-corrected chi connectivity index (χ1v) is 8.55. The summed E-state index contributed by atoms with van der Waals surface area (Å²) >= 11 is 0. The van der Waals surface area contributed by atoms with E-state index in [2.05, 4.69) is 4.98 Å². The number of nitrogens with zero attached hydrogens (tertiary/aromatic N) is 1. The molecule has 0 unspecified atom stereocenters. The third-order valence-electron chi connectivity index (χ3n) is 4.52. The lowest BCUT2D eigenvalue weighted by molar-refractivity contribution is 0.354. The maximum atomic E-state index is 5.50. The van der Waals surface area contributed by atoms with Crippen molar-refractivity contribution in [3.63, 3.8) is 0 Å². The normalized spacial score (nSPS) is 10.6. The summed E-state index contributed by atoms with van der Waals surface area (Å²) in [5, 5.41) is 0. The van der Waals surface area contributed by atoms with Crippen LogP contribution in [0.5, 0.6) is 23.0 Å². The fourth-order valence-electron chi connectivity index (χ4n) is 3.20. The lowest BCUT2D eigenvalue weighted by atomic mass is 9.85. The topological polar surface area (TPSA) is 49.8 Å². The van der Waals surface area contributed by atoms with Crippen molar-refractivity contribution in [2.45, 2.75) is 5.92 Å². The van der Waals surface area contributed by atoms with E-state index >= 15 is 0 Å². The summed E-state index contributed by atoms with van der Waals surface area (Å²) < 4.78 is 21.8. The van der Waals surface area contributed by atoms with Gasteiger partial charge in [-0.15, -0.1) is 0 Å². The van der Waals surface area contributed by atoms with Gasteiger partial charge in [-0.25, -0.2) is 0 Å². The molecule has 1 heterocycles. The molecule has 0 aliphatic heterocycles. The van der Waals surface area contributed by atoms with Gasteiger partial charge in [0.1, 0.15) is 0 Å². The maximum absolute atomic E-state index is 5.50. The van der Waals surface area contributed by atoms with Gasteiger partial charge >= 0.3 is 0 Å². The number of aromatic nitrogens is 1. The summed E-state index contributed by atoms with van der Waals surface area (Å²) in [6.07, 6.45) is 3.59. The molecule has 0 spiro atoms. The molecule has 0 N–H and O–H groups in total. The fourth-order valence-corrected chi connectivity index (χ4v) is 3.20. The minimum atomic E-state index is -0.0207. The van der Waals surface area contributed by atoms with E-state index in [4.69, 9.17) is 18.9 Å². The molecular formula is C22H23NO4. The molecule has 0 saturated heterocycles. The van der Waals surface area contributed by atoms with Crippen LogP contribution in [0, 0.1) is 0 Å². The molecule has 5 heteroatoms. The van der Waals surface area contributed by atoms with Crippen LogP contribution in [-0.4, -0.2) is 33.4 Å². The Morgan fingerprint density at radius 3 is 1.41 bits per heavy atom. The molecule has 1 aromatic heterocycles. The lowest BCUT2D eigenvalue weighted by Gasteiger charge is -2.21. The minimum Gasteiger partial charge on any atom is -0.493 e. The Kier molecular flexibility index (Phi) is 5.81. The molecule has 5 nitrogen and oxygen atoms in total. The van der Waals surface area contributed by atoms with Gasteiger partial charge in [0.25, 0.3) is 0 Å². The average Bonchev–Trinajstić information content (AvgIpc) is 2.74. The first-order chi connectivity index (χ1) is 13.2. The zero-order valence-electron chi connectivity index (χ0n) is 15.9. The van der Waals surface area contributed by atoms with Crippen molar-refractivity contribution < 1.29 is 18.9 Å². The van der Waals surface area contributed by atoms with Crippen LogP contribution < -0.4 is 18.9 Å². The molecule has 3 aromatic rings. The second-order valence-corrected chi connectivity index (χ2v) is 5.94. The van der Waals surface area contributed by atoms with E-state index in [0.717, 1.165) is 16.7 Å². The molecule has 0 saturated carbocycles. The predicted molar refractivity (Wildman–Crippen MR) is 104 cm³/mol. The van der Waals surface area contributed by atoms with Gasteiger partial charge < -0.3 is 18.9 Å². The Hall–Kier alpha value is -3.21. The number of hydrogen-bond donors (Lipinski definition) is 0. The summed E-state index contributed by atoms with van der Waals surface area (Å²) in [4.78, 5) is 4.15. The second kappa shape index (κ2) is 8.45. The van der Waals surface area contributed by atoms with Crippen molar-refractivity contribution in [1.29, 1.82) is 0 Å². The second-order valence-electron chi connectivity index (χ2n) is 5.94. The van der Waals surface area contributed by atoms with E-state index in [1.165, 1.54) is 0 Å². The Balaban J connectivity index is 2.16. The molecule has 140 valence electrons. The molecule has 0 aliphatic carbocycles. The van der Waals surface area contributed by atoms with Crippen LogP contribution in [0.4, 0.5) is 0 Å². The number of benzene rings is 2. The summed E-state index contributed by atoms with van der Waals surface area (Å²) in [6.45, 7) is 0. The molecule has 0 amide bonds. The summed E-state index contributed by atoms with van der Waals surface area (Å²) in [7, 11) is 6.54. The summed E-state index contributed by atoms with van der Waals surface area (Å²) in [6, 6.07) is 16.0. The standard InChI is InChI=1S/C22H23NO4/c1-24-18-7-5-16(13-20(18)26-3)22(15-9-11-23-12-10-15)17-6-8-19(25-2)21(14-17)27-4/h5-14,22H,1-4H3. The number of ether oxygens (including phenoxy) is 4. The Labute approximate surface area is 159 Å². The Morgan fingerprint density at radius 1 is 0.556 bits per heavy atom. The third-order valence-corrected chi connectivity index (χ3v) is 4.52. The van der Waals surface area contributed by atoms with Crippen LogP contribution in [-0.2, 0) is 0 Å². The Morgan fingerprint density at radius 2 is 1.00 bits per heavy atom. The lowest BCUT2D eigenvalue weighted by Crippen LogP contribution is -2.05. The predicted octanol–water partition coefficient (Wildman–Crippen LogP) is 4.30. The number of methoxy groups -OCH3 is 4. The number of hydrogen-bond acceptors (Lipinski definition) is 5.